The molecule has 1 amide bonds. The predicted octanol–water partition coefficient (Wildman–Crippen LogP) is 2.08. The molecule has 0 aromatic heterocycles. The number of methoxy groups -OCH3 is 1. The van der Waals surface area contributed by atoms with E-state index < -0.39 is 0 Å². The Morgan fingerprint density at radius 2 is 2.17 bits per heavy atom. The Morgan fingerprint density at radius 1 is 1.39 bits per heavy atom. The van der Waals surface area contributed by atoms with Crippen molar-refractivity contribution in [3.63, 3.8) is 0 Å². The van der Waals surface area contributed by atoms with Crippen molar-refractivity contribution in [3.05, 3.63) is 29.8 Å². The number of amides is 1. The first-order valence-corrected chi connectivity index (χ1v) is 8.06. The summed E-state index contributed by atoms with van der Waals surface area (Å²) >= 11 is 0. The molecule has 1 heterocycles. The Bertz CT molecular complexity index is 556. The first-order chi connectivity index (χ1) is 11.0. The van der Waals surface area contributed by atoms with Gasteiger partial charge in [-0.1, -0.05) is 26.0 Å². The van der Waals surface area contributed by atoms with Crippen molar-refractivity contribution in [2.45, 2.75) is 32.8 Å². The van der Waals surface area contributed by atoms with Gasteiger partial charge in [-0.05, 0) is 23.6 Å². The maximum Gasteiger partial charge on any atom is 0.290 e. The minimum atomic E-state index is -0.377. The van der Waals surface area contributed by atoms with Crippen molar-refractivity contribution in [2.24, 2.45) is 5.92 Å². The fourth-order valence-electron chi connectivity index (χ4n) is 2.72. The quantitative estimate of drug-likeness (QED) is 0.753. The van der Waals surface area contributed by atoms with Crippen molar-refractivity contribution in [1.82, 2.24) is 4.90 Å². The average molecular weight is 319 g/mol. The van der Waals surface area contributed by atoms with Crippen molar-refractivity contribution >= 4 is 11.7 Å². The van der Waals surface area contributed by atoms with Crippen LogP contribution in [0.25, 0.3) is 0 Å². The van der Waals surface area contributed by atoms with Gasteiger partial charge in [0, 0.05) is 25.9 Å². The molecule has 1 aliphatic rings. The Morgan fingerprint density at radius 3 is 2.87 bits per heavy atom. The third-order valence-electron chi connectivity index (χ3n) is 3.86. The van der Waals surface area contributed by atoms with E-state index in [0.717, 1.165) is 11.3 Å². The van der Waals surface area contributed by atoms with Gasteiger partial charge in [-0.25, -0.2) is 0 Å². The fraction of sp³-hybridized carbons (Fsp3) is 0.556. The smallest absolute Gasteiger partial charge is 0.290 e. The Labute approximate surface area is 137 Å². The summed E-state index contributed by atoms with van der Waals surface area (Å²) in [5, 5.41) is 0. The van der Waals surface area contributed by atoms with Gasteiger partial charge in [0.1, 0.15) is 5.75 Å². The Balaban J connectivity index is 1.95. The summed E-state index contributed by atoms with van der Waals surface area (Å²) in [6.07, 6.45) is 0.905. The zero-order valence-electron chi connectivity index (χ0n) is 14.1. The van der Waals surface area contributed by atoms with E-state index in [2.05, 4.69) is 0 Å². The lowest BCUT2D eigenvalue weighted by molar-refractivity contribution is -0.149. The SMILES string of the molecule is COc1cccc(C[C@H]2CN(C(=O)C(=O)CC(C)C)CCO2)c1. The highest BCUT2D eigenvalue weighted by atomic mass is 16.5. The van der Waals surface area contributed by atoms with Gasteiger partial charge in [0.25, 0.3) is 5.91 Å². The van der Waals surface area contributed by atoms with E-state index in [-0.39, 0.29) is 23.7 Å². The molecule has 0 spiro atoms. The van der Waals surface area contributed by atoms with Crippen LogP contribution >= 0.6 is 0 Å². The molecule has 0 aliphatic carbocycles. The lowest BCUT2D eigenvalue weighted by Crippen LogP contribution is -2.48. The summed E-state index contributed by atoms with van der Waals surface area (Å²) in [6, 6.07) is 7.81. The topological polar surface area (TPSA) is 55.8 Å². The van der Waals surface area contributed by atoms with Gasteiger partial charge < -0.3 is 14.4 Å². The van der Waals surface area contributed by atoms with E-state index in [1.807, 2.05) is 38.1 Å². The molecular weight excluding hydrogens is 294 g/mol. The van der Waals surface area contributed by atoms with Crippen LogP contribution in [0.3, 0.4) is 0 Å². The largest absolute Gasteiger partial charge is 0.497 e. The van der Waals surface area contributed by atoms with E-state index in [0.29, 0.717) is 32.5 Å². The predicted molar refractivity (Wildman–Crippen MR) is 87.5 cm³/mol. The number of carbonyl (C=O) groups is 2. The van der Waals surface area contributed by atoms with Gasteiger partial charge in [0.2, 0.25) is 5.78 Å². The number of hydrogen-bond acceptors (Lipinski definition) is 4. The number of carbonyl (C=O) groups excluding carboxylic acids is 2. The molecule has 1 atom stereocenters. The second-order valence-electron chi connectivity index (χ2n) is 6.32. The molecule has 0 saturated carbocycles. The summed E-state index contributed by atoms with van der Waals surface area (Å²) in [5.41, 5.74) is 1.09. The van der Waals surface area contributed by atoms with Crippen LogP contribution in [0.2, 0.25) is 0 Å². The standard InChI is InChI=1S/C18H25NO4/c1-13(2)9-17(20)18(21)19-7-8-23-16(12-19)11-14-5-4-6-15(10-14)22-3/h4-6,10,13,16H,7-9,11-12H2,1-3H3/t16-/m0/s1. The van der Waals surface area contributed by atoms with Gasteiger partial charge in [0.05, 0.1) is 19.8 Å². The minimum absolute atomic E-state index is 0.0911. The summed E-state index contributed by atoms with van der Waals surface area (Å²) in [4.78, 5) is 25.8. The number of Topliss-reactive ketones (excluding diaryl/α,β-unsaturated/α-hetero) is 1. The summed E-state index contributed by atoms with van der Waals surface area (Å²) < 4.78 is 11.0. The number of hydrogen-bond donors (Lipinski definition) is 0. The number of morpholine rings is 1. The van der Waals surface area contributed by atoms with Gasteiger partial charge in [0.15, 0.2) is 0 Å². The molecule has 2 rings (SSSR count). The van der Waals surface area contributed by atoms with E-state index >= 15 is 0 Å². The molecule has 1 aromatic carbocycles. The third kappa shape index (κ3) is 5.06. The highest BCUT2D eigenvalue weighted by molar-refractivity contribution is 6.36. The van der Waals surface area contributed by atoms with Crippen LogP contribution in [0.15, 0.2) is 24.3 Å². The van der Waals surface area contributed by atoms with Crippen molar-refractivity contribution in [1.29, 1.82) is 0 Å². The number of nitrogens with zero attached hydrogens (tertiary/aromatic N) is 1. The van der Waals surface area contributed by atoms with Crippen LogP contribution in [0.1, 0.15) is 25.8 Å². The van der Waals surface area contributed by atoms with E-state index in [1.165, 1.54) is 0 Å². The number of ketones is 1. The van der Waals surface area contributed by atoms with Crippen LogP contribution < -0.4 is 4.74 Å². The molecule has 5 nitrogen and oxygen atoms in total. The second-order valence-corrected chi connectivity index (χ2v) is 6.32. The fourth-order valence-corrected chi connectivity index (χ4v) is 2.72. The van der Waals surface area contributed by atoms with Crippen molar-refractivity contribution in [2.75, 3.05) is 26.8 Å². The number of rotatable bonds is 6. The van der Waals surface area contributed by atoms with Gasteiger partial charge in [-0.2, -0.15) is 0 Å². The van der Waals surface area contributed by atoms with E-state index in [9.17, 15) is 9.59 Å². The van der Waals surface area contributed by atoms with Crippen LogP contribution in [0, 0.1) is 5.92 Å². The van der Waals surface area contributed by atoms with Crippen molar-refractivity contribution < 1.29 is 19.1 Å². The third-order valence-corrected chi connectivity index (χ3v) is 3.86. The van der Waals surface area contributed by atoms with Crippen molar-refractivity contribution in [3.8, 4) is 5.75 Å². The molecule has 0 unspecified atom stereocenters. The summed E-state index contributed by atoms with van der Waals surface area (Å²) in [5.74, 6) is 0.318. The molecule has 1 fully saturated rings. The normalized spacial score (nSPS) is 18.1. The van der Waals surface area contributed by atoms with Gasteiger partial charge in [-0.3, -0.25) is 9.59 Å². The lowest BCUT2D eigenvalue weighted by atomic mass is 10.0. The minimum Gasteiger partial charge on any atom is -0.497 e. The molecule has 0 N–H and O–H groups in total. The highest BCUT2D eigenvalue weighted by Gasteiger charge is 2.28. The first kappa shape index (κ1) is 17.5. The van der Waals surface area contributed by atoms with Crippen LogP contribution in [-0.2, 0) is 20.7 Å². The van der Waals surface area contributed by atoms with E-state index in [4.69, 9.17) is 9.47 Å². The summed E-state index contributed by atoms with van der Waals surface area (Å²) in [7, 11) is 1.64. The molecule has 126 valence electrons. The molecule has 1 aliphatic heterocycles. The molecule has 0 radical (unpaired) electrons. The van der Waals surface area contributed by atoms with Gasteiger partial charge >= 0.3 is 0 Å². The zero-order valence-corrected chi connectivity index (χ0v) is 14.1. The molecule has 1 saturated heterocycles. The lowest BCUT2D eigenvalue weighted by Gasteiger charge is -2.32. The maximum absolute atomic E-state index is 12.2. The Kier molecular flexibility index (Phi) is 6.16. The molecule has 23 heavy (non-hydrogen) atoms. The molecular formula is C18H25NO4. The second kappa shape index (κ2) is 8.11. The average Bonchev–Trinajstić information content (AvgIpc) is 2.54. The zero-order chi connectivity index (χ0) is 16.8. The van der Waals surface area contributed by atoms with E-state index in [1.54, 1.807) is 12.0 Å². The summed E-state index contributed by atoms with van der Waals surface area (Å²) in [6.45, 7) is 5.29. The number of benzene rings is 1. The van der Waals surface area contributed by atoms with Crippen LogP contribution in [0.4, 0.5) is 0 Å². The molecule has 5 heteroatoms. The molecule has 1 aromatic rings. The van der Waals surface area contributed by atoms with Gasteiger partial charge in [-0.15, -0.1) is 0 Å². The first-order valence-electron chi connectivity index (χ1n) is 8.06. The van der Waals surface area contributed by atoms with Crippen LogP contribution in [0.5, 0.6) is 5.75 Å². The highest BCUT2D eigenvalue weighted by Crippen LogP contribution is 2.17. The Hall–Kier alpha value is -1.88. The maximum atomic E-state index is 12.2. The van der Waals surface area contributed by atoms with Crippen LogP contribution in [-0.4, -0.2) is 49.5 Å². The monoisotopic (exact) mass is 319 g/mol. The molecule has 0 bridgehead atoms. The number of ether oxygens (including phenoxy) is 2.